The topological polar surface area (TPSA) is 70.4 Å². The standard InChI is InChI=1S/C19H18F4N2O3/c1-10-13(18(3)7-6-17(10,2)28-18)16(27)25(9-26)12-5-4-11(8-24)14(15(12)20)19(21,22)23/h4-5,9-10,13H,6-7H2,1-3H3. The van der Waals surface area contributed by atoms with Gasteiger partial charge in [-0.2, -0.15) is 18.4 Å². The monoisotopic (exact) mass is 398 g/mol. The first-order valence-corrected chi connectivity index (χ1v) is 8.68. The van der Waals surface area contributed by atoms with Crippen molar-refractivity contribution in [3.05, 3.63) is 29.1 Å². The minimum absolute atomic E-state index is 0.00262. The fraction of sp³-hybridized carbons (Fsp3) is 0.526. The predicted octanol–water partition coefficient (Wildman–Crippen LogP) is 3.80. The summed E-state index contributed by atoms with van der Waals surface area (Å²) < 4.78 is 60.4. The molecule has 0 N–H and O–H groups in total. The number of benzene rings is 1. The van der Waals surface area contributed by atoms with Crippen molar-refractivity contribution in [3.63, 3.8) is 0 Å². The second-order valence-corrected chi connectivity index (χ2v) is 7.74. The van der Waals surface area contributed by atoms with Crippen LogP contribution in [0.3, 0.4) is 0 Å². The summed E-state index contributed by atoms with van der Waals surface area (Å²) in [6.07, 6.45) is -3.91. The molecule has 2 heterocycles. The summed E-state index contributed by atoms with van der Waals surface area (Å²) in [5.74, 6) is -3.80. The van der Waals surface area contributed by atoms with E-state index in [0.717, 1.165) is 12.1 Å². The van der Waals surface area contributed by atoms with E-state index in [9.17, 15) is 27.2 Å². The van der Waals surface area contributed by atoms with Gasteiger partial charge >= 0.3 is 6.18 Å². The third kappa shape index (κ3) is 2.78. The zero-order valence-electron chi connectivity index (χ0n) is 15.4. The summed E-state index contributed by atoms with van der Waals surface area (Å²) in [7, 11) is 0. The average Bonchev–Trinajstić information content (AvgIpc) is 3.01. The maximum absolute atomic E-state index is 14.7. The van der Waals surface area contributed by atoms with Gasteiger partial charge in [0.25, 0.3) is 0 Å². The van der Waals surface area contributed by atoms with E-state index in [2.05, 4.69) is 0 Å². The van der Waals surface area contributed by atoms with Crippen LogP contribution in [0.1, 0.15) is 44.7 Å². The van der Waals surface area contributed by atoms with Crippen molar-refractivity contribution >= 4 is 18.0 Å². The lowest BCUT2D eigenvalue weighted by Gasteiger charge is -2.35. The number of anilines is 1. The van der Waals surface area contributed by atoms with E-state index in [1.165, 1.54) is 6.07 Å². The number of ether oxygens (including phenoxy) is 1. The number of nitrogens with zero attached hydrogens (tertiary/aromatic N) is 2. The molecule has 5 nitrogen and oxygen atoms in total. The smallest absolute Gasteiger partial charge is 0.368 e. The maximum atomic E-state index is 14.7. The molecule has 0 saturated carbocycles. The molecule has 0 aliphatic carbocycles. The van der Waals surface area contributed by atoms with Crippen molar-refractivity contribution in [3.8, 4) is 6.07 Å². The molecular weight excluding hydrogens is 380 g/mol. The third-order valence-electron chi connectivity index (χ3n) is 6.10. The van der Waals surface area contributed by atoms with Crippen LogP contribution in [0.15, 0.2) is 12.1 Å². The van der Waals surface area contributed by atoms with Gasteiger partial charge in [-0.05, 0) is 44.7 Å². The van der Waals surface area contributed by atoms with Crippen LogP contribution in [0.4, 0.5) is 23.2 Å². The van der Waals surface area contributed by atoms with Gasteiger partial charge in [-0.1, -0.05) is 6.92 Å². The Balaban J connectivity index is 2.07. The highest BCUT2D eigenvalue weighted by Crippen LogP contribution is 2.57. The predicted molar refractivity (Wildman–Crippen MR) is 89.5 cm³/mol. The fourth-order valence-electron chi connectivity index (χ4n) is 4.53. The maximum Gasteiger partial charge on any atom is 0.420 e. The number of alkyl halides is 3. The normalized spacial score (nSPS) is 31.5. The molecule has 150 valence electrons. The Hall–Kier alpha value is -2.47. The Bertz CT molecular complexity index is 894. The first kappa shape index (κ1) is 20.3. The summed E-state index contributed by atoms with van der Waals surface area (Å²) in [5.41, 5.74) is -5.05. The van der Waals surface area contributed by atoms with Crippen LogP contribution in [0.2, 0.25) is 0 Å². The molecule has 4 unspecified atom stereocenters. The van der Waals surface area contributed by atoms with Gasteiger partial charge in [0, 0.05) is 0 Å². The van der Waals surface area contributed by atoms with E-state index < -0.39 is 51.8 Å². The van der Waals surface area contributed by atoms with E-state index in [-0.39, 0.29) is 12.3 Å². The molecule has 1 aromatic carbocycles. The Kier molecular flexibility index (Phi) is 4.54. The molecular formula is C19H18F4N2O3. The van der Waals surface area contributed by atoms with Crippen molar-refractivity contribution in [2.24, 2.45) is 11.8 Å². The highest BCUT2D eigenvalue weighted by Gasteiger charge is 2.64. The van der Waals surface area contributed by atoms with E-state index in [4.69, 9.17) is 10.00 Å². The first-order chi connectivity index (χ1) is 12.9. The van der Waals surface area contributed by atoms with Gasteiger partial charge in [-0.15, -0.1) is 0 Å². The molecule has 2 aliphatic heterocycles. The Morgan fingerprint density at radius 1 is 1.32 bits per heavy atom. The number of rotatable bonds is 3. The molecule has 1 aromatic rings. The van der Waals surface area contributed by atoms with Crippen molar-refractivity contribution in [1.29, 1.82) is 5.26 Å². The molecule has 0 radical (unpaired) electrons. The molecule has 2 saturated heterocycles. The number of imide groups is 1. The first-order valence-electron chi connectivity index (χ1n) is 8.68. The van der Waals surface area contributed by atoms with Crippen LogP contribution in [0.25, 0.3) is 0 Å². The SMILES string of the molecule is CC1C(C(=O)N(C=O)c2ccc(C#N)c(C(F)(F)F)c2F)C2(C)CCC1(C)O2. The number of carbonyl (C=O) groups is 2. The van der Waals surface area contributed by atoms with Crippen LogP contribution in [-0.4, -0.2) is 23.5 Å². The molecule has 3 rings (SSSR count). The van der Waals surface area contributed by atoms with Gasteiger partial charge in [0.1, 0.15) is 5.56 Å². The van der Waals surface area contributed by atoms with Crippen LogP contribution in [0, 0.1) is 29.0 Å². The number of hydrogen-bond acceptors (Lipinski definition) is 4. The number of halogens is 4. The molecule has 2 amide bonds. The quantitative estimate of drug-likeness (QED) is 0.574. The summed E-state index contributed by atoms with van der Waals surface area (Å²) in [6, 6.07) is 2.86. The van der Waals surface area contributed by atoms with E-state index in [1.807, 2.05) is 6.92 Å². The fourth-order valence-corrected chi connectivity index (χ4v) is 4.53. The second kappa shape index (κ2) is 6.27. The van der Waals surface area contributed by atoms with Crippen molar-refractivity contribution < 1.29 is 31.9 Å². The molecule has 2 aliphatic rings. The van der Waals surface area contributed by atoms with Gasteiger partial charge in [-0.25, -0.2) is 9.29 Å². The molecule has 2 fully saturated rings. The van der Waals surface area contributed by atoms with E-state index in [0.29, 0.717) is 17.7 Å². The van der Waals surface area contributed by atoms with Crippen LogP contribution >= 0.6 is 0 Å². The molecule has 0 spiro atoms. The Morgan fingerprint density at radius 2 is 1.93 bits per heavy atom. The van der Waals surface area contributed by atoms with Gasteiger partial charge in [0.15, 0.2) is 5.82 Å². The summed E-state index contributed by atoms with van der Waals surface area (Å²) in [5, 5.41) is 8.86. The minimum Gasteiger partial charge on any atom is -0.368 e. The van der Waals surface area contributed by atoms with Gasteiger partial charge in [-0.3, -0.25) is 9.59 Å². The van der Waals surface area contributed by atoms with Crippen LogP contribution in [0.5, 0.6) is 0 Å². The largest absolute Gasteiger partial charge is 0.420 e. The Labute approximate surface area is 158 Å². The lowest BCUT2D eigenvalue weighted by Crippen LogP contribution is -2.48. The highest BCUT2D eigenvalue weighted by atomic mass is 19.4. The highest BCUT2D eigenvalue weighted by molar-refractivity contribution is 6.09. The number of amides is 2. The lowest BCUT2D eigenvalue weighted by atomic mass is 9.68. The molecule has 9 heteroatoms. The lowest BCUT2D eigenvalue weighted by molar-refractivity contribution is -0.140. The minimum atomic E-state index is -5.16. The molecule has 28 heavy (non-hydrogen) atoms. The number of fused-ring (bicyclic) bond motifs is 2. The Morgan fingerprint density at radius 3 is 2.39 bits per heavy atom. The number of hydrogen-bond donors (Lipinski definition) is 0. The van der Waals surface area contributed by atoms with Gasteiger partial charge in [0.05, 0.1) is 34.4 Å². The zero-order valence-corrected chi connectivity index (χ0v) is 15.4. The van der Waals surface area contributed by atoms with E-state index in [1.54, 1.807) is 13.8 Å². The molecule has 0 aromatic heterocycles. The van der Waals surface area contributed by atoms with E-state index >= 15 is 0 Å². The summed E-state index contributed by atoms with van der Waals surface area (Å²) in [6.45, 7) is 5.32. The van der Waals surface area contributed by atoms with Crippen molar-refractivity contribution in [2.75, 3.05) is 4.90 Å². The number of nitriles is 1. The van der Waals surface area contributed by atoms with Gasteiger partial charge < -0.3 is 4.74 Å². The van der Waals surface area contributed by atoms with Crippen LogP contribution < -0.4 is 4.90 Å². The van der Waals surface area contributed by atoms with Crippen molar-refractivity contribution in [1.82, 2.24) is 0 Å². The number of carbonyl (C=O) groups excluding carboxylic acids is 2. The average molecular weight is 398 g/mol. The zero-order chi connectivity index (χ0) is 21.1. The van der Waals surface area contributed by atoms with Crippen LogP contribution in [-0.2, 0) is 20.5 Å². The third-order valence-corrected chi connectivity index (χ3v) is 6.10. The second-order valence-electron chi connectivity index (χ2n) is 7.74. The van der Waals surface area contributed by atoms with Gasteiger partial charge in [0.2, 0.25) is 12.3 Å². The summed E-state index contributed by atoms with van der Waals surface area (Å²) >= 11 is 0. The summed E-state index contributed by atoms with van der Waals surface area (Å²) in [4.78, 5) is 25.1. The molecule has 2 bridgehead atoms. The molecule has 4 atom stereocenters. The van der Waals surface area contributed by atoms with Crippen molar-refractivity contribution in [2.45, 2.75) is 51.0 Å².